The predicted molar refractivity (Wildman–Crippen MR) is 158 cm³/mol. The fourth-order valence-electron chi connectivity index (χ4n) is 6.75. The first-order valence-corrected chi connectivity index (χ1v) is 14.4. The van der Waals surface area contributed by atoms with Crippen molar-refractivity contribution in [2.75, 3.05) is 6.54 Å². The minimum Gasteiger partial charge on any atom is -0.334 e. The third kappa shape index (κ3) is 5.63. The third-order valence-electron chi connectivity index (χ3n) is 8.42. The van der Waals surface area contributed by atoms with E-state index >= 15 is 0 Å². The van der Waals surface area contributed by atoms with Gasteiger partial charge in [0.25, 0.3) is 5.91 Å². The van der Waals surface area contributed by atoms with Gasteiger partial charge in [-0.05, 0) is 94.2 Å². The molecule has 0 spiro atoms. The fraction of sp³-hybridized carbons (Fsp3) is 0.400. The van der Waals surface area contributed by atoms with Crippen LogP contribution in [0.2, 0.25) is 0 Å². The molecule has 1 amide bonds. The first-order valence-electron chi connectivity index (χ1n) is 14.4. The van der Waals surface area contributed by atoms with Gasteiger partial charge < -0.3 is 4.90 Å². The van der Waals surface area contributed by atoms with Gasteiger partial charge in [-0.25, -0.2) is 0 Å². The highest BCUT2D eigenvalue weighted by Gasteiger charge is 2.39. The number of nitrogens with zero attached hydrogens (tertiary/aromatic N) is 2. The van der Waals surface area contributed by atoms with Crippen molar-refractivity contribution < 1.29 is 4.79 Å². The number of hydrogen-bond donors (Lipinski definition) is 0. The minimum atomic E-state index is 0.111. The van der Waals surface area contributed by atoms with Gasteiger partial charge in [-0.2, -0.15) is 0 Å². The van der Waals surface area contributed by atoms with Gasteiger partial charge in [0.1, 0.15) is 0 Å². The Bertz CT molecular complexity index is 1220. The summed E-state index contributed by atoms with van der Waals surface area (Å²) in [5.41, 5.74) is 7.65. The van der Waals surface area contributed by atoms with E-state index in [2.05, 4.69) is 105 Å². The van der Waals surface area contributed by atoms with E-state index in [0.29, 0.717) is 12.1 Å². The lowest BCUT2D eigenvalue weighted by molar-refractivity contribution is 0.0643. The standard InChI is InChI=1S/C35H42N2O/c1-25(2)37(26(3)4)35(38)30-17-15-29(16-18-30)34(28-13-9-6-10-14-28)31-23-32-19-20-33(24-31)36(32)22-21-27-11-7-5-8-12-27/h5-18,25-26,32-33H,19-24H2,1-4H3. The van der Waals surface area contributed by atoms with Crippen LogP contribution < -0.4 is 0 Å². The van der Waals surface area contributed by atoms with E-state index in [9.17, 15) is 4.79 Å². The Labute approximate surface area is 229 Å². The van der Waals surface area contributed by atoms with Gasteiger partial charge in [0.15, 0.2) is 0 Å². The van der Waals surface area contributed by atoms with Crippen LogP contribution in [0.4, 0.5) is 0 Å². The van der Waals surface area contributed by atoms with E-state index in [-0.39, 0.29) is 18.0 Å². The van der Waals surface area contributed by atoms with Gasteiger partial charge in [-0.15, -0.1) is 0 Å². The van der Waals surface area contributed by atoms with E-state index in [1.165, 1.54) is 35.1 Å². The van der Waals surface area contributed by atoms with Gasteiger partial charge in [0, 0.05) is 36.3 Å². The summed E-state index contributed by atoms with van der Waals surface area (Å²) < 4.78 is 0. The summed E-state index contributed by atoms with van der Waals surface area (Å²) in [7, 11) is 0. The smallest absolute Gasteiger partial charge is 0.254 e. The molecule has 5 rings (SSSR count). The topological polar surface area (TPSA) is 23.6 Å². The molecule has 38 heavy (non-hydrogen) atoms. The summed E-state index contributed by atoms with van der Waals surface area (Å²) in [5.74, 6) is 0.111. The molecule has 198 valence electrons. The van der Waals surface area contributed by atoms with Crippen LogP contribution in [0, 0.1) is 0 Å². The first kappa shape index (κ1) is 26.4. The lowest BCUT2D eigenvalue weighted by Crippen LogP contribution is -2.42. The highest BCUT2D eigenvalue weighted by atomic mass is 16.2. The molecule has 0 aromatic heterocycles. The molecule has 2 atom stereocenters. The minimum absolute atomic E-state index is 0.111. The highest BCUT2D eigenvalue weighted by Crippen LogP contribution is 2.43. The summed E-state index contributed by atoms with van der Waals surface area (Å²) in [6.07, 6.45) is 5.96. The van der Waals surface area contributed by atoms with Crippen LogP contribution >= 0.6 is 0 Å². The molecule has 2 unspecified atom stereocenters. The zero-order valence-corrected chi connectivity index (χ0v) is 23.4. The van der Waals surface area contributed by atoms with Crippen molar-refractivity contribution >= 4 is 11.5 Å². The molecule has 3 heteroatoms. The highest BCUT2D eigenvalue weighted by molar-refractivity contribution is 5.95. The van der Waals surface area contributed by atoms with Gasteiger partial charge in [-0.1, -0.05) is 78.4 Å². The number of rotatable bonds is 8. The monoisotopic (exact) mass is 506 g/mol. The van der Waals surface area contributed by atoms with Crippen LogP contribution in [0.25, 0.3) is 5.57 Å². The molecule has 2 aliphatic heterocycles. The SMILES string of the molecule is CC(C)N(C(=O)c1ccc(C(=C2CC3CCC(C2)N3CCc2ccccc2)c2ccccc2)cc1)C(C)C. The van der Waals surface area contributed by atoms with Gasteiger partial charge in [0.05, 0.1) is 0 Å². The van der Waals surface area contributed by atoms with E-state index in [1.807, 2.05) is 17.0 Å². The van der Waals surface area contributed by atoms with Crippen LogP contribution in [-0.2, 0) is 6.42 Å². The van der Waals surface area contributed by atoms with Crippen LogP contribution in [0.1, 0.15) is 80.4 Å². The van der Waals surface area contributed by atoms with Crippen molar-refractivity contribution in [3.8, 4) is 0 Å². The van der Waals surface area contributed by atoms with Crippen LogP contribution in [-0.4, -0.2) is 46.4 Å². The molecular weight excluding hydrogens is 464 g/mol. The largest absolute Gasteiger partial charge is 0.334 e. The predicted octanol–water partition coefficient (Wildman–Crippen LogP) is 7.62. The Balaban J connectivity index is 1.42. The van der Waals surface area contributed by atoms with Crippen molar-refractivity contribution in [1.29, 1.82) is 0 Å². The Morgan fingerprint density at radius 2 is 1.24 bits per heavy atom. The quantitative estimate of drug-likeness (QED) is 0.314. The summed E-state index contributed by atoms with van der Waals surface area (Å²) in [5, 5.41) is 0. The molecule has 2 heterocycles. The van der Waals surface area contributed by atoms with E-state index < -0.39 is 0 Å². The van der Waals surface area contributed by atoms with E-state index in [1.54, 1.807) is 5.57 Å². The molecule has 2 fully saturated rings. The molecule has 2 aliphatic rings. The van der Waals surface area contributed by atoms with Crippen LogP contribution in [0.3, 0.4) is 0 Å². The molecule has 0 aliphatic carbocycles. The van der Waals surface area contributed by atoms with Crippen molar-refractivity contribution in [2.45, 2.75) is 84.0 Å². The van der Waals surface area contributed by atoms with Crippen molar-refractivity contribution in [3.05, 3.63) is 113 Å². The molecule has 3 aromatic carbocycles. The maximum absolute atomic E-state index is 13.3. The first-order chi connectivity index (χ1) is 18.4. The van der Waals surface area contributed by atoms with Crippen molar-refractivity contribution in [3.63, 3.8) is 0 Å². The number of fused-ring (bicyclic) bond motifs is 2. The van der Waals surface area contributed by atoms with E-state index in [0.717, 1.165) is 31.4 Å². The van der Waals surface area contributed by atoms with Crippen LogP contribution in [0.15, 0.2) is 90.5 Å². The normalized spacial score (nSPS) is 19.3. The van der Waals surface area contributed by atoms with Crippen LogP contribution in [0.5, 0.6) is 0 Å². The average molecular weight is 507 g/mol. The number of benzene rings is 3. The molecule has 0 N–H and O–H groups in total. The summed E-state index contributed by atoms with van der Waals surface area (Å²) in [6, 6.07) is 31.7. The summed E-state index contributed by atoms with van der Waals surface area (Å²) in [4.78, 5) is 18.0. The van der Waals surface area contributed by atoms with Gasteiger partial charge in [0.2, 0.25) is 0 Å². The molecule has 0 saturated carbocycles. The second-order valence-electron chi connectivity index (χ2n) is 11.6. The number of amides is 1. The number of hydrogen-bond acceptors (Lipinski definition) is 2. The van der Waals surface area contributed by atoms with Gasteiger partial charge in [-0.3, -0.25) is 9.69 Å². The molecule has 0 radical (unpaired) electrons. The second kappa shape index (κ2) is 11.7. The average Bonchev–Trinajstić information content (AvgIpc) is 3.16. The molecule has 2 saturated heterocycles. The zero-order chi connectivity index (χ0) is 26.6. The number of carbonyl (C=O) groups excluding carboxylic acids is 1. The number of piperidine rings is 1. The Morgan fingerprint density at radius 3 is 1.79 bits per heavy atom. The van der Waals surface area contributed by atoms with Gasteiger partial charge >= 0.3 is 0 Å². The molecular formula is C35H42N2O. The van der Waals surface area contributed by atoms with Crippen molar-refractivity contribution in [1.82, 2.24) is 9.80 Å². The molecule has 2 bridgehead atoms. The maximum Gasteiger partial charge on any atom is 0.254 e. The maximum atomic E-state index is 13.3. The Kier molecular flexibility index (Phi) is 8.14. The Morgan fingerprint density at radius 1 is 0.737 bits per heavy atom. The van der Waals surface area contributed by atoms with Crippen molar-refractivity contribution in [2.24, 2.45) is 0 Å². The summed E-state index contributed by atoms with van der Waals surface area (Å²) in [6.45, 7) is 9.50. The lowest BCUT2D eigenvalue weighted by atomic mass is 9.85. The zero-order valence-electron chi connectivity index (χ0n) is 23.4. The van der Waals surface area contributed by atoms with E-state index in [4.69, 9.17) is 0 Å². The fourth-order valence-corrected chi connectivity index (χ4v) is 6.75. The lowest BCUT2D eigenvalue weighted by Gasteiger charge is -2.37. The second-order valence-corrected chi connectivity index (χ2v) is 11.6. The third-order valence-corrected chi connectivity index (χ3v) is 8.42. The molecule has 3 aromatic rings. The summed E-state index contributed by atoms with van der Waals surface area (Å²) >= 11 is 0. The Hall–Kier alpha value is -3.17. The number of carbonyl (C=O) groups is 1. The molecule has 3 nitrogen and oxygen atoms in total.